The van der Waals surface area contributed by atoms with Gasteiger partial charge < -0.3 is 14.2 Å². The summed E-state index contributed by atoms with van der Waals surface area (Å²) in [4.78, 5) is 12.8. The van der Waals surface area contributed by atoms with Crippen LogP contribution < -0.4 is 0 Å². The van der Waals surface area contributed by atoms with E-state index >= 15 is 0 Å². The lowest BCUT2D eigenvalue weighted by atomic mass is 9.64. The van der Waals surface area contributed by atoms with E-state index in [9.17, 15) is 4.79 Å². The molecule has 2 spiro atoms. The van der Waals surface area contributed by atoms with Crippen molar-refractivity contribution < 1.29 is 19.0 Å². The molecular weight excluding hydrogens is 460 g/mol. The minimum absolute atomic E-state index is 0.0635. The summed E-state index contributed by atoms with van der Waals surface area (Å²) < 4.78 is 18.8. The van der Waals surface area contributed by atoms with E-state index in [1.54, 1.807) is 0 Å². The smallest absolute Gasteiger partial charge is 0.308 e. The average Bonchev–Trinajstić information content (AvgIpc) is 3.67. The molecule has 3 saturated carbocycles. The third-order valence-corrected chi connectivity index (χ3v) is 11.4. The number of ether oxygens (including phenoxy) is 3. The minimum atomic E-state index is -0.393. The van der Waals surface area contributed by atoms with Crippen LogP contribution in [0.1, 0.15) is 150 Å². The van der Waals surface area contributed by atoms with E-state index in [2.05, 4.69) is 27.7 Å². The predicted octanol–water partition coefficient (Wildman–Crippen LogP) is 8.75. The predicted molar refractivity (Wildman–Crippen MR) is 148 cm³/mol. The van der Waals surface area contributed by atoms with Gasteiger partial charge in [0.05, 0.1) is 18.1 Å². The lowest BCUT2D eigenvalue weighted by Gasteiger charge is -2.37. The molecule has 0 amide bonds. The Labute approximate surface area is 227 Å². The van der Waals surface area contributed by atoms with Crippen molar-refractivity contribution in [1.82, 2.24) is 0 Å². The van der Waals surface area contributed by atoms with Crippen molar-refractivity contribution >= 4 is 5.97 Å². The van der Waals surface area contributed by atoms with Gasteiger partial charge in [-0.05, 0) is 48.3 Å². The van der Waals surface area contributed by atoms with Crippen LogP contribution >= 0.6 is 0 Å². The van der Waals surface area contributed by atoms with Crippen LogP contribution in [0.3, 0.4) is 0 Å². The molecule has 2 heterocycles. The van der Waals surface area contributed by atoms with Crippen LogP contribution in [0, 0.1) is 28.1 Å². The van der Waals surface area contributed by atoms with Crippen LogP contribution in [-0.2, 0) is 19.0 Å². The molecular formula is C33H56O4. The largest absolute Gasteiger partial charge is 0.435 e. The Balaban J connectivity index is 0.928. The zero-order valence-electron chi connectivity index (χ0n) is 24.6. The third kappa shape index (κ3) is 5.17. The fraction of sp³-hybridized carbons (Fsp3) is 0.970. The highest BCUT2D eigenvalue weighted by Gasteiger charge is 2.95. The van der Waals surface area contributed by atoms with Crippen molar-refractivity contribution in [3.05, 3.63) is 0 Å². The number of hydrogen-bond acceptors (Lipinski definition) is 4. The van der Waals surface area contributed by atoms with E-state index in [1.165, 1.54) is 96.3 Å². The number of rotatable bonds is 17. The first kappa shape index (κ1) is 27.9. The summed E-state index contributed by atoms with van der Waals surface area (Å²) in [6.07, 6.45) is 24.2. The van der Waals surface area contributed by atoms with E-state index < -0.39 is 6.29 Å². The summed E-state index contributed by atoms with van der Waals surface area (Å²) in [5, 5.41) is 0. The van der Waals surface area contributed by atoms with E-state index in [-0.39, 0.29) is 22.4 Å². The molecule has 2 saturated heterocycles. The first-order valence-corrected chi connectivity index (χ1v) is 16.3. The molecule has 0 unspecified atom stereocenters. The highest BCUT2D eigenvalue weighted by molar-refractivity contribution is 5.69. The molecule has 0 radical (unpaired) electrons. The highest BCUT2D eigenvalue weighted by Crippen LogP contribution is 2.88. The van der Waals surface area contributed by atoms with Crippen molar-refractivity contribution in [3.8, 4) is 0 Å². The maximum Gasteiger partial charge on any atom is 0.308 e. The second-order valence-corrected chi connectivity index (χ2v) is 14.7. The van der Waals surface area contributed by atoms with Gasteiger partial charge in [-0.25, -0.2) is 0 Å². The number of esters is 1. The molecule has 37 heavy (non-hydrogen) atoms. The highest BCUT2D eigenvalue weighted by atomic mass is 16.7. The fourth-order valence-corrected chi connectivity index (χ4v) is 9.33. The maximum absolute atomic E-state index is 12.8. The second-order valence-electron chi connectivity index (χ2n) is 14.7. The Morgan fingerprint density at radius 1 is 0.811 bits per heavy atom. The molecule has 2 aliphatic heterocycles. The molecule has 0 bridgehead atoms. The maximum atomic E-state index is 12.8. The van der Waals surface area contributed by atoms with Crippen LogP contribution in [0.25, 0.3) is 0 Å². The fourth-order valence-electron chi connectivity index (χ4n) is 9.33. The van der Waals surface area contributed by atoms with Crippen molar-refractivity contribution in [2.75, 3.05) is 6.61 Å². The minimum Gasteiger partial charge on any atom is -0.435 e. The quantitative estimate of drug-likeness (QED) is 0.110. The van der Waals surface area contributed by atoms with Crippen LogP contribution in [0.4, 0.5) is 0 Å². The summed E-state index contributed by atoms with van der Waals surface area (Å²) in [6.45, 7) is 10.2. The molecule has 7 atom stereocenters. The molecule has 0 aromatic heterocycles. The molecule has 5 aliphatic rings. The normalized spacial score (nSPS) is 40.0. The summed E-state index contributed by atoms with van der Waals surface area (Å²) in [6, 6.07) is 0. The van der Waals surface area contributed by atoms with Crippen molar-refractivity contribution in [2.45, 2.75) is 168 Å². The van der Waals surface area contributed by atoms with Gasteiger partial charge in [-0.1, -0.05) is 118 Å². The number of fused-ring (bicyclic) bond motifs is 3. The Hall–Kier alpha value is -0.610. The zero-order valence-corrected chi connectivity index (χ0v) is 24.6. The molecule has 3 aliphatic carbocycles. The number of carbonyl (C=O) groups excluding carboxylic acids is 1. The van der Waals surface area contributed by atoms with E-state index in [1.807, 2.05) is 0 Å². The monoisotopic (exact) mass is 516 g/mol. The second kappa shape index (κ2) is 11.1. The Morgan fingerprint density at radius 2 is 1.38 bits per heavy atom. The Morgan fingerprint density at radius 3 is 1.97 bits per heavy atom. The number of unbranched alkanes of at least 4 members (excludes halogenated alkanes) is 14. The van der Waals surface area contributed by atoms with E-state index in [0.717, 1.165) is 19.3 Å². The van der Waals surface area contributed by atoms with E-state index in [0.29, 0.717) is 36.4 Å². The van der Waals surface area contributed by atoms with Gasteiger partial charge in [0.25, 0.3) is 0 Å². The van der Waals surface area contributed by atoms with Crippen LogP contribution in [0.2, 0.25) is 0 Å². The number of epoxide rings is 1. The molecule has 0 N–H and O–H groups in total. The van der Waals surface area contributed by atoms with Crippen molar-refractivity contribution in [3.63, 3.8) is 0 Å². The van der Waals surface area contributed by atoms with Gasteiger partial charge in [-0.2, -0.15) is 0 Å². The summed E-state index contributed by atoms with van der Waals surface area (Å²) >= 11 is 0. The Bertz CT molecular complexity index is 793. The van der Waals surface area contributed by atoms with Gasteiger partial charge >= 0.3 is 5.97 Å². The first-order chi connectivity index (χ1) is 17.8. The molecule has 4 heteroatoms. The lowest BCUT2D eigenvalue weighted by molar-refractivity contribution is -0.182. The summed E-state index contributed by atoms with van der Waals surface area (Å²) in [5.41, 5.74) is 0.350. The topological polar surface area (TPSA) is 48.1 Å². The lowest BCUT2D eigenvalue weighted by Crippen LogP contribution is -2.46. The standard InChI is InChI=1S/C33H56O4/c1-5-6-7-8-9-10-11-12-13-14-15-16-17-18-19-20-27(34)36-29-32-23-31(32,4)26-22-30(2,3)21-25(26)28-33(32,37-28)24-35-29/h25-26,28-29H,5-24H2,1-4H3/t25-,26+,28+,29-,31-,32+,33+/m0/s1. The van der Waals surface area contributed by atoms with Gasteiger partial charge in [0.15, 0.2) is 0 Å². The molecule has 212 valence electrons. The summed E-state index contributed by atoms with van der Waals surface area (Å²) in [5.74, 6) is 1.28. The van der Waals surface area contributed by atoms with Gasteiger partial charge in [0.1, 0.15) is 5.60 Å². The third-order valence-electron chi connectivity index (χ3n) is 11.4. The van der Waals surface area contributed by atoms with Crippen LogP contribution in [0.5, 0.6) is 0 Å². The molecule has 0 aromatic carbocycles. The number of carbonyl (C=O) groups is 1. The van der Waals surface area contributed by atoms with Gasteiger partial charge in [-0.15, -0.1) is 0 Å². The van der Waals surface area contributed by atoms with Crippen LogP contribution in [-0.4, -0.2) is 30.6 Å². The van der Waals surface area contributed by atoms with Gasteiger partial charge in [0.2, 0.25) is 6.29 Å². The SMILES string of the molecule is CCCCCCCCCCCCCCCCCC(=O)O[C@@H]1OC[C@@]23O[C@@H]2[C@H]2CC(C)(C)C[C@H]2[C@]2(C)C[C@@]123. The first-order valence-electron chi connectivity index (χ1n) is 16.3. The van der Waals surface area contributed by atoms with E-state index in [4.69, 9.17) is 14.2 Å². The Kier molecular flexibility index (Phi) is 8.39. The molecule has 5 fully saturated rings. The molecule has 5 rings (SSSR count). The van der Waals surface area contributed by atoms with Crippen LogP contribution in [0.15, 0.2) is 0 Å². The molecule has 4 nitrogen and oxygen atoms in total. The van der Waals surface area contributed by atoms with Gasteiger partial charge in [0, 0.05) is 6.42 Å². The van der Waals surface area contributed by atoms with Crippen molar-refractivity contribution in [1.29, 1.82) is 0 Å². The average molecular weight is 517 g/mol. The zero-order chi connectivity index (χ0) is 26.2. The molecule has 0 aromatic rings. The number of hydrogen-bond donors (Lipinski definition) is 0. The van der Waals surface area contributed by atoms with Crippen molar-refractivity contribution in [2.24, 2.45) is 28.1 Å². The summed E-state index contributed by atoms with van der Waals surface area (Å²) in [7, 11) is 0. The van der Waals surface area contributed by atoms with Gasteiger partial charge in [-0.3, -0.25) is 4.79 Å².